The van der Waals surface area contributed by atoms with Crippen LogP contribution in [-0.4, -0.2) is 18.5 Å². The number of nitrogens with one attached hydrogen (secondary N) is 1. The van der Waals surface area contributed by atoms with Gasteiger partial charge in [-0.05, 0) is 18.6 Å². The van der Waals surface area contributed by atoms with Crippen molar-refractivity contribution in [3.8, 4) is 0 Å². The van der Waals surface area contributed by atoms with Crippen LogP contribution in [0.1, 0.15) is 12.5 Å². The molecule has 1 aromatic carbocycles. The van der Waals surface area contributed by atoms with Crippen molar-refractivity contribution in [1.29, 1.82) is 0 Å². The van der Waals surface area contributed by atoms with Crippen molar-refractivity contribution >= 4 is 17.6 Å². The van der Waals surface area contributed by atoms with E-state index in [-0.39, 0.29) is 24.1 Å². The number of aryl methyl sites for hydroxylation is 1. The summed E-state index contributed by atoms with van der Waals surface area (Å²) in [6, 6.07) is 4.05. The Labute approximate surface area is 98.4 Å². The number of benzene rings is 1. The number of carbonyl (C=O) groups excluding carboxylic acids is 2. The minimum absolute atomic E-state index is 0.201. The van der Waals surface area contributed by atoms with E-state index in [4.69, 9.17) is 0 Å². The van der Waals surface area contributed by atoms with Crippen molar-refractivity contribution in [1.82, 2.24) is 5.32 Å². The van der Waals surface area contributed by atoms with E-state index in [0.29, 0.717) is 5.56 Å². The van der Waals surface area contributed by atoms with Gasteiger partial charge in [0.25, 0.3) is 0 Å². The molecular weight excluding hydrogens is 223 g/mol. The number of carbonyl (C=O) groups is 2. The van der Waals surface area contributed by atoms with Gasteiger partial charge >= 0.3 is 6.03 Å². The van der Waals surface area contributed by atoms with Gasteiger partial charge in [0.2, 0.25) is 5.91 Å². The third-order valence-corrected chi connectivity index (χ3v) is 2.84. The van der Waals surface area contributed by atoms with E-state index in [1.807, 2.05) is 0 Å². The van der Waals surface area contributed by atoms with Crippen molar-refractivity contribution in [3.05, 3.63) is 29.6 Å². The number of hydrogen-bond donors (Lipinski definition) is 1. The van der Waals surface area contributed by atoms with Gasteiger partial charge in [0.1, 0.15) is 5.82 Å². The lowest BCUT2D eigenvalue weighted by Gasteiger charge is -2.31. The molecule has 0 saturated carbocycles. The van der Waals surface area contributed by atoms with Crippen LogP contribution < -0.4 is 10.2 Å². The Morgan fingerprint density at radius 1 is 1.41 bits per heavy atom. The summed E-state index contributed by atoms with van der Waals surface area (Å²) in [5, 5.41) is 2.21. The van der Waals surface area contributed by atoms with Crippen LogP contribution in [0.5, 0.6) is 0 Å². The molecule has 1 aliphatic rings. The van der Waals surface area contributed by atoms with E-state index in [1.54, 1.807) is 26.0 Å². The minimum atomic E-state index is -0.568. The Morgan fingerprint density at radius 3 is 2.76 bits per heavy atom. The highest BCUT2D eigenvalue weighted by molar-refractivity contribution is 6.06. The zero-order valence-corrected chi connectivity index (χ0v) is 9.66. The predicted molar refractivity (Wildman–Crippen MR) is 61.2 cm³/mol. The lowest BCUT2D eigenvalue weighted by atomic mass is 10.1. The summed E-state index contributed by atoms with van der Waals surface area (Å²) < 4.78 is 13.7. The number of nitrogens with zero attached hydrogens (tertiary/aromatic N) is 1. The number of rotatable bonds is 1. The average Bonchev–Trinajstić information content (AvgIpc) is 2.25. The molecule has 1 N–H and O–H groups in total. The molecule has 2 rings (SSSR count). The monoisotopic (exact) mass is 236 g/mol. The second-order valence-corrected chi connectivity index (χ2v) is 4.21. The zero-order valence-electron chi connectivity index (χ0n) is 9.66. The Bertz CT molecular complexity index is 467. The van der Waals surface area contributed by atoms with Crippen LogP contribution >= 0.6 is 0 Å². The Hall–Kier alpha value is -1.91. The molecule has 1 heterocycles. The van der Waals surface area contributed by atoms with Gasteiger partial charge in [0.05, 0.1) is 11.6 Å². The lowest BCUT2D eigenvalue weighted by Crippen LogP contribution is -2.54. The average molecular weight is 236 g/mol. The van der Waals surface area contributed by atoms with Crippen LogP contribution in [0.3, 0.4) is 0 Å². The number of halogens is 1. The largest absolute Gasteiger partial charge is 0.328 e. The van der Waals surface area contributed by atoms with E-state index >= 15 is 0 Å². The topological polar surface area (TPSA) is 49.4 Å². The molecule has 90 valence electrons. The summed E-state index contributed by atoms with van der Waals surface area (Å²) in [6.07, 6.45) is 0. The zero-order chi connectivity index (χ0) is 12.6. The molecule has 1 saturated heterocycles. The van der Waals surface area contributed by atoms with Crippen LogP contribution in [-0.2, 0) is 4.79 Å². The smallest absolute Gasteiger partial charge is 0.290 e. The first-order chi connectivity index (χ1) is 8.00. The number of urea groups is 1. The van der Waals surface area contributed by atoms with Gasteiger partial charge in [0, 0.05) is 6.54 Å². The molecule has 1 aromatic rings. The van der Waals surface area contributed by atoms with E-state index in [0.717, 1.165) is 0 Å². The van der Waals surface area contributed by atoms with Crippen molar-refractivity contribution < 1.29 is 14.0 Å². The summed E-state index contributed by atoms with van der Waals surface area (Å²) in [4.78, 5) is 24.3. The second kappa shape index (κ2) is 4.16. The first-order valence-corrected chi connectivity index (χ1v) is 5.38. The van der Waals surface area contributed by atoms with Crippen LogP contribution in [0.15, 0.2) is 18.2 Å². The Kier molecular flexibility index (Phi) is 2.83. The van der Waals surface area contributed by atoms with Gasteiger partial charge in [0.15, 0.2) is 0 Å². The maximum absolute atomic E-state index is 13.7. The quantitative estimate of drug-likeness (QED) is 0.808. The van der Waals surface area contributed by atoms with Crippen LogP contribution in [0.4, 0.5) is 14.9 Å². The number of imide groups is 1. The molecule has 0 aromatic heterocycles. The van der Waals surface area contributed by atoms with E-state index in [2.05, 4.69) is 5.32 Å². The van der Waals surface area contributed by atoms with Crippen molar-refractivity contribution in [2.75, 3.05) is 11.4 Å². The maximum atomic E-state index is 13.7. The van der Waals surface area contributed by atoms with Gasteiger partial charge < -0.3 is 0 Å². The third kappa shape index (κ3) is 2.00. The van der Waals surface area contributed by atoms with Crippen molar-refractivity contribution in [2.45, 2.75) is 13.8 Å². The van der Waals surface area contributed by atoms with Crippen molar-refractivity contribution in [3.63, 3.8) is 0 Å². The minimum Gasteiger partial charge on any atom is -0.290 e. The van der Waals surface area contributed by atoms with Gasteiger partial charge in [-0.2, -0.15) is 0 Å². The molecule has 1 aliphatic heterocycles. The number of anilines is 1. The molecule has 5 heteroatoms. The van der Waals surface area contributed by atoms with Crippen LogP contribution in [0.2, 0.25) is 0 Å². The lowest BCUT2D eigenvalue weighted by molar-refractivity contribution is -0.123. The number of para-hydroxylation sites is 1. The molecule has 3 amide bonds. The summed E-state index contributed by atoms with van der Waals surface area (Å²) in [5.74, 6) is -1.12. The van der Waals surface area contributed by atoms with Crippen LogP contribution in [0.25, 0.3) is 0 Å². The number of amides is 3. The summed E-state index contributed by atoms with van der Waals surface area (Å²) >= 11 is 0. The standard InChI is InChI=1S/C12H13FN2O2/c1-7-4-3-5-9(13)10(7)15-6-8(2)11(16)14-12(15)17/h3-5,8H,6H2,1-2H3,(H,14,16,17). The fraction of sp³-hybridized carbons (Fsp3) is 0.333. The number of hydrogen-bond acceptors (Lipinski definition) is 2. The first-order valence-electron chi connectivity index (χ1n) is 5.38. The SMILES string of the molecule is Cc1cccc(F)c1N1CC(C)C(=O)NC1=O. The highest BCUT2D eigenvalue weighted by Gasteiger charge is 2.32. The molecule has 0 aliphatic carbocycles. The third-order valence-electron chi connectivity index (χ3n) is 2.84. The van der Waals surface area contributed by atoms with Crippen LogP contribution in [0, 0.1) is 18.7 Å². The van der Waals surface area contributed by atoms with Gasteiger partial charge in [-0.15, -0.1) is 0 Å². The molecule has 1 atom stereocenters. The Morgan fingerprint density at radius 2 is 2.12 bits per heavy atom. The summed E-state index contributed by atoms with van der Waals surface area (Å²) in [7, 11) is 0. The predicted octanol–water partition coefficient (Wildman–Crippen LogP) is 1.83. The molecular formula is C12H13FN2O2. The summed E-state index contributed by atoms with van der Waals surface area (Å²) in [6.45, 7) is 3.63. The molecule has 4 nitrogen and oxygen atoms in total. The molecule has 0 radical (unpaired) electrons. The van der Waals surface area contributed by atoms with Crippen molar-refractivity contribution in [2.24, 2.45) is 5.92 Å². The summed E-state index contributed by atoms with van der Waals surface area (Å²) in [5.41, 5.74) is 0.908. The normalized spacial score (nSPS) is 20.4. The fourth-order valence-electron chi connectivity index (χ4n) is 1.89. The second-order valence-electron chi connectivity index (χ2n) is 4.21. The van der Waals surface area contributed by atoms with Gasteiger partial charge in [-0.25, -0.2) is 9.18 Å². The molecule has 17 heavy (non-hydrogen) atoms. The van der Waals surface area contributed by atoms with Gasteiger partial charge in [-0.1, -0.05) is 19.1 Å². The molecule has 0 bridgehead atoms. The van der Waals surface area contributed by atoms with E-state index < -0.39 is 11.8 Å². The highest BCUT2D eigenvalue weighted by Crippen LogP contribution is 2.26. The van der Waals surface area contributed by atoms with Gasteiger partial charge in [-0.3, -0.25) is 15.0 Å². The Balaban J connectivity index is 2.40. The highest BCUT2D eigenvalue weighted by atomic mass is 19.1. The molecule has 1 fully saturated rings. The molecule has 1 unspecified atom stereocenters. The fourth-order valence-corrected chi connectivity index (χ4v) is 1.89. The first kappa shape index (κ1) is 11.6. The maximum Gasteiger partial charge on any atom is 0.328 e. The van der Waals surface area contributed by atoms with E-state index in [1.165, 1.54) is 11.0 Å². The molecule has 0 spiro atoms. The van der Waals surface area contributed by atoms with E-state index in [9.17, 15) is 14.0 Å².